The van der Waals surface area contributed by atoms with Crippen molar-refractivity contribution < 1.29 is 0 Å². The van der Waals surface area contributed by atoms with E-state index in [0.717, 1.165) is 77.8 Å². The summed E-state index contributed by atoms with van der Waals surface area (Å²) in [6, 6.07) is 0. The lowest BCUT2D eigenvalue weighted by Gasteiger charge is -1.91. The Hall–Kier alpha value is -0.240. The molecule has 6 nitrogen and oxygen atoms in total. The minimum absolute atomic E-state index is 0.806. The lowest BCUT2D eigenvalue weighted by Crippen LogP contribution is -2.02. The van der Waals surface area contributed by atoms with Gasteiger partial charge in [-0.15, -0.1) is 0 Å². The van der Waals surface area contributed by atoms with E-state index in [-0.39, 0.29) is 0 Å². The van der Waals surface area contributed by atoms with Crippen LogP contribution in [0.4, 0.5) is 0 Å². The van der Waals surface area contributed by atoms with Crippen molar-refractivity contribution in [3.63, 3.8) is 0 Å². The fraction of sp³-hybridized carbons (Fsp3) is 1.00. The predicted molar refractivity (Wildman–Crippen MR) is 95.9 cm³/mol. The Labute approximate surface area is 132 Å². The SMILES string of the molecule is NCCCCCN.NCCCCCN.NCCCCCN. The Kier molecular flexibility index (Phi) is 39.1. The monoisotopic (exact) mass is 306 g/mol. The highest BCUT2D eigenvalue weighted by Crippen LogP contribution is 1.89. The van der Waals surface area contributed by atoms with Crippen molar-refractivity contribution in [1.29, 1.82) is 0 Å². The zero-order valence-corrected chi connectivity index (χ0v) is 14.1. The first-order chi connectivity index (χ1) is 10.2. The Balaban J connectivity index is -0.000000231. The minimum atomic E-state index is 0.806. The average Bonchev–Trinajstić information content (AvgIpc) is 2.50. The molecule has 132 valence electrons. The molecule has 0 heterocycles. The van der Waals surface area contributed by atoms with Crippen LogP contribution in [-0.4, -0.2) is 39.3 Å². The number of hydrogen-bond acceptors (Lipinski definition) is 6. The number of hydrogen-bond donors (Lipinski definition) is 6. The predicted octanol–water partition coefficient (Wildman–Crippen LogP) is 0.222. The zero-order chi connectivity index (χ0) is 16.6. The second-order valence-electron chi connectivity index (χ2n) is 4.91. The Morgan fingerprint density at radius 1 is 0.238 bits per heavy atom. The summed E-state index contributed by atoms with van der Waals surface area (Å²) in [5.74, 6) is 0. The molecule has 0 atom stereocenters. The second kappa shape index (κ2) is 31.9. The molecular formula is C15H42N6. The highest BCUT2D eigenvalue weighted by atomic mass is 14.5. The maximum Gasteiger partial charge on any atom is -0.00773 e. The normalized spacial score (nSPS) is 9.43. The van der Waals surface area contributed by atoms with Crippen LogP contribution in [-0.2, 0) is 0 Å². The van der Waals surface area contributed by atoms with Gasteiger partial charge in [0.2, 0.25) is 0 Å². The van der Waals surface area contributed by atoms with Crippen molar-refractivity contribution in [2.75, 3.05) is 39.3 Å². The quantitative estimate of drug-likeness (QED) is 0.283. The van der Waals surface area contributed by atoms with Crippen LogP contribution in [0.5, 0.6) is 0 Å². The van der Waals surface area contributed by atoms with Gasteiger partial charge >= 0.3 is 0 Å². The molecule has 0 aromatic rings. The van der Waals surface area contributed by atoms with Gasteiger partial charge in [0.1, 0.15) is 0 Å². The highest BCUT2D eigenvalue weighted by molar-refractivity contribution is 4.42. The van der Waals surface area contributed by atoms with Gasteiger partial charge in [0, 0.05) is 0 Å². The van der Waals surface area contributed by atoms with Crippen LogP contribution in [0.25, 0.3) is 0 Å². The number of nitrogens with two attached hydrogens (primary N) is 6. The molecule has 0 amide bonds. The summed E-state index contributed by atoms with van der Waals surface area (Å²) in [5, 5.41) is 0. The molecule has 0 aliphatic rings. The van der Waals surface area contributed by atoms with Crippen molar-refractivity contribution in [2.45, 2.75) is 57.8 Å². The Bertz CT molecular complexity index is 99.6. The summed E-state index contributed by atoms with van der Waals surface area (Å²) in [6.45, 7) is 4.83. The van der Waals surface area contributed by atoms with Crippen molar-refractivity contribution in [1.82, 2.24) is 0 Å². The first-order valence-corrected chi connectivity index (χ1v) is 8.45. The molecule has 21 heavy (non-hydrogen) atoms. The molecule has 0 aromatic heterocycles. The number of rotatable bonds is 12. The van der Waals surface area contributed by atoms with Gasteiger partial charge < -0.3 is 34.4 Å². The standard InChI is InChI=1S/3C5H14N2/c3*6-4-2-1-3-5-7/h3*1-7H2. The summed E-state index contributed by atoms with van der Waals surface area (Å²) in [4.78, 5) is 0. The van der Waals surface area contributed by atoms with Gasteiger partial charge in [0.25, 0.3) is 0 Å². The maximum absolute atomic E-state index is 5.23. The molecule has 0 saturated heterocycles. The molecule has 0 unspecified atom stereocenters. The summed E-state index contributed by atoms with van der Waals surface area (Å²) < 4.78 is 0. The topological polar surface area (TPSA) is 156 Å². The highest BCUT2D eigenvalue weighted by Gasteiger charge is 1.81. The molecule has 0 aliphatic carbocycles. The largest absolute Gasteiger partial charge is 0.330 e. The first kappa shape index (κ1) is 25.7. The van der Waals surface area contributed by atoms with Crippen LogP contribution in [0.15, 0.2) is 0 Å². The minimum Gasteiger partial charge on any atom is -0.330 e. The molecule has 12 N–H and O–H groups in total. The Morgan fingerprint density at radius 2 is 0.381 bits per heavy atom. The molecule has 0 fully saturated rings. The first-order valence-electron chi connectivity index (χ1n) is 8.45. The van der Waals surface area contributed by atoms with E-state index in [0.29, 0.717) is 0 Å². The van der Waals surface area contributed by atoms with Gasteiger partial charge in [0.15, 0.2) is 0 Å². The van der Waals surface area contributed by atoms with Crippen LogP contribution >= 0.6 is 0 Å². The van der Waals surface area contributed by atoms with Gasteiger partial charge in [-0.1, -0.05) is 19.3 Å². The molecule has 0 saturated carbocycles. The van der Waals surface area contributed by atoms with E-state index in [1.807, 2.05) is 0 Å². The summed E-state index contributed by atoms with van der Waals surface area (Å²) in [7, 11) is 0. The van der Waals surface area contributed by atoms with Crippen molar-refractivity contribution in [3.05, 3.63) is 0 Å². The third kappa shape index (κ3) is 45.1. The van der Waals surface area contributed by atoms with Gasteiger partial charge in [0.05, 0.1) is 0 Å². The van der Waals surface area contributed by atoms with E-state index in [1.165, 1.54) is 19.3 Å². The van der Waals surface area contributed by atoms with E-state index >= 15 is 0 Å². The zero-order valence-electron chi connectivity index (χ0n) is 14.1. The molecular weight excluding hydrogens is 264 g/mol. The molecule has 6 heteroatoms. The molecule has 0 rings (SSSR count). The fourth-order valence-corrected chi connectivity index (χ4v) is 1.40. The Morgan fingerprint density at radius 3 is 0.476 bits per heavy atom. The van der Waals surface area contributed by atoms with Crippen LogP contribution in [0.3, 0.4) is 0 Å². The van der Waals surface area contributed by atoms with E-state index in [9.17, 15) is 0 Å². The van der Waals surface area contributed by atoms with Crippen LogP contribution in [0.2, 0.25) is 0 Å². The van der Waals surface area contributed by atoms with Crippen molar-refractivity contribution >= 4 is 0 Å². The fourth-order valence-electron chi connectivity index (χ4n) is 1.40. The molecule has 0 spiro atoms. The van der Waals surface area contributed by atoms with E-state index in [2.05, 4.69) is 0 Å². The molecule has 0 aromatic carbocycles. The number of unbranched alkanes of at least 4 members (excludes halogenated alkanes) is 6. The van der Waals surface area contributed by atoms with E-state index in [1.54, 1.807) is 0 Å². The van der Waals surface area contributed by atoms with Gasteiger partial charge in [-0.3, -0.25) is 0 Å². The van der Waals surface area contributed by atoms with E-state index < -0.39 is 0 Å². The van der Waals surface area contributed by atoms with Gasteiger partial charge in [-0.2, -0.15) is 0 Å². The third-order valence-corrected chi connectivity index (χ3v) is 2.72. The van der Waals surface area contributed by atoms with Gasteiger partial charge in [-0.05, 0) is 77.8 Å². The average molecular weight is 307 g/mol. The maximum atomic E-state index is 5.23. The second-order valence-corrected chi connectivity index (χ2v) is 4.91. The molecule has 0 aliphatic heterocycles. The third-order valence-electron chi connectivity index (χ3n) is 2.72. The van der Waals surface area contributed by atoms with Crippen molar-refractivity contribution in [3.8, 4) is 0 Å². The van der Waals surface area contributed by atoms with Crippen molar-refractivity contribution in [2.24, 2.45) is 34.4 Å². The van der Waals surface area contributed by atoms with Crippen LogP contribution in [0.1, 0.15) is 57.8 Å². The van der Waals surface area contributed by atoms with Gasteiger partial charge in [-0.25, -0.2) is 0 Å². The van der Waals surface area contributed by atoms with Crippen LogP contribution in [0, 0.1) is 0 Å². The lowest BCUT2D eigenvalue weighted by molar-refractivity contribution is 0.695. The van der Waals surface area contributed by atoms with Crippen LogP contribution < -0.4 is 34.4 Å². The summed E-state index contributed by atoms with van der Waals surface area (Å²) >= 11 is 0. The summed E-state index contributed by atoms with van der Waals surface area (Å²) in [6.07, 6.45) is 10.3. The van der Waals surface area contributed by atoms with E-state index in [4.69, 9.17) is 34.4 Å². The molecule has 0 radical (unpaired) electrons. The summed E-state index contributed by atoms with van der Waals surface area (Å²) in [5.41, 5.74) is 31.4. The molecule has 0 bridgehead atoms. The lowest BCUT2D eigenvalue weighted by atomic mass is 10.2. The smallest absolute Gasteiger partial charge is 0.00773 e.